The van der Waals surface area contributed by atoms with Crippen molar-refractivity contribution in [1.82, 2.24) is 9.97 Å². The van der Waals surface area contributed by atoms with Gasteiger partial charge in [-0.2, -0.15) is 0 Å². The number of ether oxygens (including phenoxy) is 2. The van der Waals surface area contributed by atoms with Gasteiger partial charge in [0.05, 0.1) is 23.7 Å². The van der Waals surface area contributed by atoms with Gasteiger partial charge in [0, 0.05) is 50.8 Å². The zero-order chi connectivity index (χ0) is 38.4. The van der Waals surface area contributed by atoms with Crippen LogP contribution in [0.2, 0.25) is 0 Å². The highest BCUT2D eigenvalue weighted by atomic mass is 32.1. The number of pyridine rings is 2. The smallest absolute Gasteiger partial charge is 0.264 e. The van der Waals surface area contributed by atoms with Gasteiger partial charge in [0.2, 0.25) is 5.88 Å². The summed E-state index contributed by atoms with van der Waals surface area (Å²) in [5, 5.41) is 2.04. The van der Waals surface area contributed by atoms with Gasteiger partial charge in [-0.25, -0.2) is 9.97 Å². The largest absolute Gasteiger partial charge is 0.466 e. The minimum atomic E-state index is -0.176. The Morgan fingerprint density at radius 1 is 0.661 bits per heavy atom. The number of nitrogens with zero attached hydrogens (tertiary/aromatic N) is 3. The quantitative estimate of drug-likeness (QED) is 0.172. The first-order chi connectivity index (χ1) is 27.2. The molecular formula is C46H43N5O4S. The first-order valence-corrected chi connectivity index (χ1v) is 20.1. The maximum atomic E-state index is 12.3. The average molecular weight is 762 g/mol. The summed E-state index contributed by atoms with van der Waals surface area (Å²) in [5.41, 5.74) is 23.8. The van der Waals surface area contributed by atoms with Gasteiger partial charge in [0.15, 0.2) is 12.4 Å². The minimum absolute atomic E-state index is 0.0112. The number of hydrogen-bond donors (Lipinski definition) is 2. The number of carbonyl (C=O) groups excluding carboxylic acids is 2. The molecule has 1 amide bonds. The molecule has 2 aliphatic carbocycles. The van der Waals surface area contributed by atoms with Gasteiger partial charge in [-0.3, -0.25) is 9.59 Å². The Hall–Kier alpha value is -5.52. The van der Waals surface area contributed by atoms with Crippen molar-refractivity contribution in [2.24, 2.45) is 11.5 Å². The van der Waals surface area contributed by atoms with Crippen LogP contribution in [0.4, 0.5) is 5.69 Å². The monoisotopic (exact) mass is 761 g/mol. The van der Waals surface area contributed by atoms with Crippen molar-refractivity contribution in [1.29, 1.82) is 0 Å². The normalized spacial score (nSPS) is 17.7. The minimum Gasteiger partial charge on any atom is -0.466 e. The van der Waals surface area contributed by atoms with E-state index in [1.54, 1.807) is 23.3 Å². The lowest BCUT2D eigenvalue weighted by Crippen LogP contribution is -2.43. The summed E-state index contributed by atoms with van der Waals surface area (Å²) in [6.45, 7) is 0.506. The second-order valence-electron chi connectivity index (χ2n) is 15.3. The van der Waals surface area contributed by atoms with Gasteiger partial charge in [-0.05, 0) is 78.8 Å². The van der Waals surface area contributed by atoms with Crippen LogP contribution in [0.15, 0.2) is 109 Å². The van der Waals surface area contributed by atoms with Gasteiger partial charge >= 0.3 is 0 Å². The van der Waals surface area contributed by atoms with Crippen molar-refractivity contribution in [2.75, 3.05) is 25.2 Å². The van der Waals surface area contributed by atoms with Crippen LogP contribution in [-0.2, 0) is 27.2 Å². The third-order valence-electron chi connectivity index (χ3n) is 11.7. The second kappa shape index (κ2) is 14.5. The van der Waals surface area contributed by atoms with Crippen LogP contribution in [0, 0.1) is 0 Å². The molecule has 6 aromatic rings. The fourth-order valence-electron chi connectivity index (χ4n) is 7.92. The summed E-state index contributed by atoms with van der Waals surface area (Å²) in [7, 11) is 1.76. The lowest BCUT2D eigenvalue weighted by molar-refractivity contribution is -0.121. The first kappa shape index (κ1) is 36.1. The summed E-state index contributed by atoms with van der Waals surface area (Å²) in [6.07, 6.45) is 6.54. The Labute approximate surface area is 330 Å². The predicted molar refractivity (Wildman–Crippen MR) is 220 cm³/mol. The summed E-state index contributed by atoms with van der Waals surface area (Å²) in [5.74, 6) is 0.413. The lowest BCUT2D eigenvalue weighted by Gasteiger charge is -2.38. The topological polar surface area (TPSA) is 134 Å². The van der Waals surface area contributed by atoms with E-state index in [9.17, 15) is 9.59 Å². The molecule has 4 aliphatic rings. The Bertz CT molecular complexity index is 2420. The molecule has 282 valence electrons. The number of anilines is 1. The fourth-order valence-corrected chi connectivity index (χ4v) is 8.67. The van der Waals surface area contributed by atoms with E-state index < -0.39 is 0 Å². The molecule has 10 heteroatoms. The highest BCUT2D eigenvalue weighted by molar-refractivity contribution is 7.13. The summed E-state index contributed by atoms with van der Waals surface area (Å²) < 4.78 is 11.0. The molecule has 3 aromatic heterocycles. The van der Waals surface area contributed by atoms with Crippen LogP contribution in [-0.4, -0.2) is 41.9 Å². The first-order valence-electron chi connectivity index (χ1n) is 19.2. The molecule has 0 radical (unpaired) electrons. The van der Waals surface area contributed by atoms with Crippen LogP contribution >= 0.6 is 11.3 Å². The van der Waals surface area contributed by atoms with Crippen molar-refractivity contribution in [3.63, 3.8) is 0 Å². The molecule has 2 fully saturated rings. The van der Waals surface area contributed by atoms with Crippen LogP contribution in [0.25, 0.3) is 44.1 Å². The second-order valence-corrected chi connectivity index (χ2v) is 16.2. The SMILES string of the molecule is CN1C(=O)COc2nc(-c3ccc(C4(N)CCC4)cc3)c(-c3cccs3)cc21.NC1(c2ccc(-c3nc4c(cc3-c3ccccc3)C(=O)COC4)cc2)CCC1. The Kier molecular flexibility index (Phi) is 9.37. The molecule has 0 atom stereocenters. The molecule has 10 rings (SSSR count). The number of hydrogen-bond acceptors (Lipinski definition) is 9. The van der Waals surface area contributed by atoms with Crippen molar-refractivity contribution in [3.05, 3.63) is 131 Å². The van der Waals surface area contributed by atoms with Crippen LogP contribution in [0.1, 0.15) is 65.7 Å². The van der Waals surface area contributed by atoms with Crippen molar-refractivity contribution in [3.8, 4) is 50.0 Å². The van der Waals surface area contributed by atoms with Gasteiger partial charge in [-0.1, -0.05) is 84.9 Å². The third-order valence-corrected chi connectivity index (χ3v) is 12.6. The number of likely N-dealkylation sites (N-methyl/N-ethyl adjacent to an activating group) is 1. The molecule has 0 saturated heterocycles. The summed E-state index contributed by atoms with van der Waals surface area (Å²) in [6, 6.07) is 35.0. The van der Waals surface area contributed by atoms with E-state index in [1.165, 1.54) is 24.0 Å². The molecule has 0 spiro atoms. The van der Waals surface area contributed by atoms with Crippen molar-refractivity contribution >= 4 is 28.7 Å². The molecule has 2 saturated carbocycles. The van der Waals surface area contributed by atoms with E-state index in [-0.39, 0.29) is 36.0 Å². The molecule has 0 unspecified atom stereocenters. The fraction of sp³-hybridized carbons (Fsp3) is 0.261. The summed E-state index contributed by atoms with van der Waals surface area (Å²) in [4.78, 5) is 36.8. The Morgan fingerprint density at radius 3 is 1.86 bits per heavy atom. The van der Waals surface area contributed by atoms with Crippen LogP contribution in [0.3, 0.4) is 0 Å². The number of aromatic nitrogens is 2. The predicted octanol–water partition coefficient (Wildman–Crippen LogP) is 8.64. The molecular weight excluding hydrogens is 719 g/mol. The van der Waals surface area contributed by atoms with Crippen molar-refractivity contribution in [2.45, 2.75) is 56.2 Å². The number of amides is 1. The molecule has 5 heterocycles. The van der Waals surface area contributed by atoms with Gasteiger partial charge in [0.25, 0.3) is 5.91 Å². The molecule has 4 N–H and O–H groups in total. The zero-order valence-corrected chi connectivity index (χ0v) is 32.1. The van der Waals surface area contributed by atoms with Gasteiger partial charge in [0.1, 0.15) is 12.3 Å². The highest BCUT2D eigenvalue weighted by Crippen LogP contribution is 2.44. The van der Waals surface area contributed by atoms with Gasteiger partial charge < -0.3 is 25.8 Å². The number of rotatable bonds is 6. The number of fused-ring (bicyclic) bond motifs is 2. The third kappa shape index (κ3) is 6.62. The van der Waals surface area contributed by atoms with Gasteiger partial charge in [-0.15, -0.1) is 11.3 Å². The number of ketones is 1. The maximum Gasteiger partial charge on any atom is 0.264 e. The molecule has 0 bridgehead atoms. The van der Waals surface area contributed by atoms with Crippen LogP contribution in [0.5, 0.6) is 5.88 Å². The van der Waals surface area contributed by atoms with E-state index in [0.29, 0.717) is 29.4 Å². The van der Waals surface area contributed by atoms with E-state index in [0.717, 1.165) is 69.8 Å². The van der Waals surface area contributed by atoms with Crippen LogP contribution < -0.4 is 21.1 Å². The Balaban J connectivity index is 0.000000146. The number of carbonyl (C=O) groups is 2. The number of Topliss-reactive ketones (excluding diaryl/α,β-unsaturated/α-hetero) is 1. The standard InChI is InChI=1S/C24H22N2O2.C22H21N3O2S/c25-24(11-4-12-24)18-9-7-17(8-10-18)23-19(16-5-2-1-3-6-16)13-20-21(26-23)14-28-15-22(20)27;1-25-17-12-16(18-4-2-11-28-18)20(24-21(17)27-13-19(25)26)14-5-7-15(8-6-14)22(23)9-3-10-22/h1-3,5-10,13H,4,11-12,14-15,25H2;2,4-8,11-12H,3,9-10,13,23H2,1H3. The van der Waals surface area contributed by atoms with E-state index in [2.05, 4.69) is 54.6 Å². The zero-order valence-electron chi connectivity index (χ0n) is 31.3. The van der Waals surface area contributed by atoms with E-state index in [1.807, 2.05) is 53.9 Å². The van der Waals surface area contributed by atoms with E-state index >= 15 is 0 Å². The maximum absolute atomic E-state index is 12.3. The molecule has 56 heavy (non-hydrogen) atoms. The summed E-state index contributed by atoms with van der Waals surface area (Å²) >= 11 is 1.65. The van der Waals surface area contributed by atoms with Crippen molar-refractivity contribution < 1.29 is 19.1 Å². The molecule has 9 nitrogen and oxygen atoms in total. The lowest BCUT2D eigenvalue weighted by atomic mass is 9.72. The molecule has 3 aromatic carbocycles. The number of nitrogens with two attached hydrogens (primary N) is 2. The number of thiophene rings is 1. The molecule has 2 aliphatic heterocycles. The highest BCUT2D eigenvalue weighted by Gasteiger charge is 2.35. The average Bonchev–Trinajstić information content (AvgIpc) is 3.76. The van der Waals surface area contributed by atoms with E-state index in [4.69, 9.17) is 30.9 Å². The Morgan fingerprint density at radius 2 is 1.29 bits per heavy atom. The number of benzene rings is 3.